The molecule has 0 atom stereocenters. The summed E-state index contributed by atoms with van der Waals surface area (Å²) in [4.78, 5) is 12.2. The summed E-state index contributed by atoms with van der Waals surface area (Å²) in [7, 11) is 1.63. The summed E-state index contributed by atoms with van der Waals surface area (Å²) in [6, 6.07) is 13.7. The van der Waals surface area contributed by atoms with Gasteiger partial charge in [-0.3, -0.25) is 4.79 Å². The highest BCUT2D eigenvalue weighted by atomic mass is 16.5. The number of hydrogen-bond acceptors (Lipinski definition) is 2. The Balaban J connectivity index is 2.16. The number of amides is 1. The smallest absolute Gasteiger partial charge is 0.248 e. The van der Waals surface area contributed by atoms with E-state index in [4.69, 9.17) is 4.74 Å². The minimum Gasteiger partial charge on any atom is -0.496 e. The summed E-state index contributed by atoms with van der Waals surface area (Å²) < 4.78 is 5.32. The van der Waals surface area contributed by atoms with Crippen molar-refractivity contribution >= 4 is 17.7 Å². The van der Waals surface area contributed by atoms with Crippen LogP contribution in [0.2, 0.25) is 0 Å². The molecule has 0 saturated heterocycles. The molecule has 2 rings (SSSR count). The van der Waals surface area contributed by atoms with Crippen molar-refractivity contribution in [1.82, 2.24) is 0 Å². The van der Waals surface area contributed by atoms with Crippen molar-refractivity contribution in [3.63, 3.8) is 0 Å². The second kappa shape index (κ2) is 7.63. The quantitative estimate of drug-likeness (QED) is 0.807. The second-order valence-corrected chi connectivity index (χ2v) is 5.81. The van der Waals surface area contributed by atoms with Gasteiger partial charge in [0.1, 0.15) is 5.75 Å². The fraction of sp³-hybridized carbons (Fsp3) is 0.250. The average Bonchev–Trinajstić information content (AvgIpc) is 2.53. The first-order chi connectivity index (χ1) is 11.0. The maximum atomic E-state index is 12.2. The number of hydrogen-bond donors (Lipinski definition) is 1. The molecule has 0 aliphatic heterocycles. The van der Waals surface area contributed by atoms with E-state index in [2.05, 4.69) is 19.2 Å². The molecule has 3 nitrogen and oxygen atoms in total. The van der Waals surface area contributed by atoms with Crippen LogP contribution in [-0.4, -0.2) is 13.0 Å². The van der Waals surface area contributed by atoms with Gasteiger partial charge in [0, 0.05) is 17.3 Å². The fourth-order valence-electron chi connectivity index (χ4n) is 2.44. The molecular formula is C20H23NO2. The molecule has 0 spiro atoms. The first-order valence-electron chi connectivity index (χ1n) is 7.74. The van der Waals surface area contributed by atoms with E-state index in [0.717, 1.165) is 28.1 Å². The Hall–Kier alpha value is -2.55. The van der Waals surface area contributed by atoms with E-state index in [0.29, 0.717) is 5.92 Å². The van der Waals surface area contributed by atoms with Gasteiger partial charge in [0.05, 0.1) is 7.11 Å². The minimum absolute atomic E-state index is 0.151. The standard InChI is InChI=1S/C20H23NO2/c1-14(2)17-7-5-6-8-18(17)21-20(22)12-10-16-13-15(3)9-11-19(16)23-4/h5-14H,1-4H3,(H,21,22)/b12-10+. The fourth-order valence-corrected chi connectivity index (χ4v) is 2.44. The minimum atomic E-state index is -0.151. The van der Waals surface area contributed by atoms with Gasteiger partial charge in [-0.25, -0.2) is 0 Å². The molecule has 0 aromatic heterocycles. The van der Waals surface area contributed by atoms with Crippen molar-refractivity contribution in [1.29, 1.82) is 0 Å². The third-order valence-corrected chi connectivity index (χ3v) is 3.64. The van der Waals surface area contributed by atoms with E-state index in [1.54, 1.807) is 13.2 Å². The van der Waals surface area contributed by atoms with E-state index in [1.807, 2.05) is 49.4 Å². The van der Waals surface area contributed by atoms with Crippen molar-refractivity contribution in [2.45, 2.75) is 26.7 Å². The molecule has 0 radical (unpaired) electrons. The third-order valence-electron chi connectivity index (χ3n) is 3.64. The monoisotopic (exact) mass is 309 g/mol. The van der Waals surface area contributed by atoms with Crippen LogP contribution in [0.25, 0.3) is 6.08 Å². The largest absolute Gasteiger partial charge is 0.496 e. The van der Waals surface area contributed by atoms with Gasteiger partial charge in [0.2, 0.25) is 5.91 Å². The number of anilines is 1. The number of nitrogens with one attached hydrogen (secondary N) is 1. The number of aryl methyl sites for hydroxylation is 1. The molecule has 0 saturated carbocycles. The Labute approximate surface area is 138 Å². The normalized spacial score (nSPS) is 11.0. The van der Waals surface area contributed by atoms with Crippen LogP contribution in [0, 0.1) is 6.92 Å². The third kappa shape index (κ3) is 4.46. The van der Waals surface area contributed by atoms with Crippen molar-refractivity contribution in [3.05, 3.63) is 65.2 Å². The lowest BCUT2D eigenvalue weighted by Crippen LogP contribution is -2.10. The Kier molecular flexibility index (Phi) is 5.58. The number of benzene rings is 2. The molecule has 3 heteroatoms. The van der Waals surface area contributed by atoms with E-state index in [9.17, 15) is 4.79 Å². The Bertz CT molecular complexity index is 717. The van der Waals surface area contributed by atoms with Gasteiger partial charge in [-0.2, -0.15) is 0 Å². The van der Waals surface area contributed by atoms with Crippen molar-refractivity contribution < 1.29 is 9.53 Å². The van der Waals surface area contributed by atoms with Gasteiger partial charge in [-0.15, -0.1) is 0 Å². The van der Waals surface area contributed by atoms with Gasteiger partial charge in [0.25, 0.3) is 0 Å². The predicted molar refractivity (Wildman–Crippen MR) is 95.9 cm³/mol. The van der Waals surface area contributed by atoms with Crippen LogP contribution in [0.15, 0.2) is 48.5 Å². The van der Waals surface area contributed by atoms with Gasteiger partial charge in [-0.05, 0) is 42.7 Å². The molecule has 1 N–H and O–H groups in total. The number of ether oxygens (including phenoxy) is 1. The predicted octanol–water partition coefficient (Wildman–Crippen LogP) is 4.78. The maximum absolute atomic E-state index is 12.2. The van der Waals surface area contributed by atoms with Crippen molar-refractivity contribution in [3.8, 4) is 5.75 Å². The summed E-state index contributed by atoms with van der Waals surface area (Å²) in [5, 5.41) is 2.95. The molecule has 0 heterocycles. The van der Waals surface area contributed by atoms with Crippen LogP contribution in [0.3, 0.4) is 0 Å². The molecule has 0 bridgehead atoms. The lowest BCUT2D eigenvalue weighted by molar-refractivity contribution is -0.111. The number of para-hydroxylation sites is 1. The maximum Gasteiger partial charge on any atom is 0.248 e. The zero-order chi connectivity index (χ0) is 16.8. The molecular weight excluding hydrogens is 286 g/mol. The zero-order valence-corrected chi connectivity index (χ0v) is 14.1. The van der Waals surface area contributed by atoms with Gasteiger partial charge in [-0.1, -0.05) is 43.7 Å². The number of carbonyl (C=O) groups excluding carboxylic acids is 1. The first-order valence-corrected chi connectivity index (χ1v) is 7.74. The molecule has 0 aliphatic carbocycles. The van der Waals surface area contributed by atoms with Gasteiger partial charge < -0.3 is 10.1 Å². The Morgan fingerprint density at radius 1 is 1.17 bits per heavy atom. The topological polar surface area (TPSA) is 38.3 Å². The number of carbonyl (C=O) groups is 1. The van der Waals surface area contributed by atoms with Gasteiger partial charge in [0.15, 0.2) is 0 Å². The van der Waals surface area contributed by atoms with E-state index >= 15 is 0 Å². The molecule has 0 fully saturated rings. The molecule has 2 aromatic carbocycles. The van der Waals surface area contributed by atoms with Crippen molar-refractivity contribution in [2.75, 3.05) is 12.4 Å². The Morgan fingerprint density at radius 2 is 1.91 bits per heavy atom. The number of rotatable bonds is 5. The highest BCUT2D eigenvalue weighted by molar-refractivity contribution is 6.02. The highest BCUT2D eigenvalue weighted by Gasteiger charge is 2.07. The van der Waals surface area contributed by atoms with Crippen LogP contribution in [-0.2, 0) is 4.79 Å². The molecule has 2 aromatic rings. The summed E-state index contributed by atoms with van der Waals surface area (Å²) in [6.07, 6.45) is 3.31. The summed E-state index contributed by atoms with van der Waals surface area (Å²) >= 11 is 0. The van der Waals surface area contributed by atoms with E-state index < -0.39 is 0 Å². The molecule has 0 unspecified atom stereocenters. The lowest BCUT2D eigenvalue weighted by atomic mass is 10.0. The van der Waals surface area contributed by atoms with Crippen LogP contribution in [0.4, 0.5) is 5.69 Å². The molecule has 23 heavy (non-hydrogen) atoms. The SMILES string of the molecule is COc1ccc(C)cc1/C=C/C(=O)Nc1ccccc1C(C)C. The van der Waals surface area contributed by atoms with Crippen molar-refractivity contribution in [2.24, 2.45) is 0 Å². The highest BCUT2D eigenvalue weighted by Crippen LogP contribution is 2.24. The lowest BCUT2D eigenvalue weighted by Gasteiger charge is -2.12. The summed E-state index contributed by atoms with van der Waals surface area (Å²) in [6.45, 7) is 6.23. The van der Waals surface area contributed by atoms with Gasteiger partial charge >= 0.3 is 0 Å². The van der Waals surface area contributed by atoms with Crippen LogP contribution < -0.4 is 10.1 Å². The van der Waals surface area contributed by atoms with Crippen LogP contribution in [0.1, 0.15) is 36.5 Å². The molecule has 1 amide bonds. The summed E-state index contributed by atoms with van der Waals surface area (Å²) in [5.74, 6) is 0.955. The summed E-state index contributed by atoms with van der Waals surface area (Å²) in [5.41, 5.74) is 3.99. The van der Waals surface area contributed by atoms with Crippen LogP contribution in [0.5, 0.6) is 5.75 Å². The molecule has 0 aliphatic rings. The Morgan fingerprint density at radius 3 is 2.61 bits per heavy atom. The first kappa shape index (κ1) is 16.8. The second-order valence-electron chi connectivity index (χ2n) is 5.81. The van der Waals surface area contributed by atoms with E-state index in [1.165, 1.54) is 6.08 Å². The molecule has 120 valence electrons. The zero-order valence-electron chi connectivity index (χ0n) is 14.1. The van der Waals surface area contributed by atoms with Crippen LogP contribution >= 0.6 is 0 Å². The van der Waals surface area contributed by atoms with E-state index in [-0.39, 0.29) is 5.91 Å². The number of methoxy groups -OCH3 is 1. The average molecular weight is 309 g/mol.